The smallest absolute Gasteiger partial charge is 0.191 e. The van der Waals surface area contributed by atoms with Crippen LogP contribution in [-0.4, -0.2) is 19.6 Å². The maximum absolute atomic E-state index is 13.3. The lowest BCUT2D eigenvalue weighted by molar-refractivity contribution is 0.532. The number of benzene rings is 1. The van der Waals surface area contributed by atoms with Gasteiger partial charge in [0.2, 0.25) is 0 Å². The Morgan fingerprint density at radius 1 is 1.32 bits per heavy atom. The molecule has 0 aliphatic heterocycles. The van der Waals surface area contributed by atoms with E-state index in [0.29, 0.717) is 18.0 Å². The molecule has 1 aromatic carbocycles. The van der Waals surface area contributed by atoms with E-state index in [1.165, 1.54) is 12.1 Å². The van der Waals surface area contributed by atoms with Crippen LogP contribution in [0.5, 0.6) is 0 Å². The quantitative estimate of drug-likeness (QED) is 0.450. The average molecular weight is 419 g/mol. The molecule has 0 aliphatic carbocycles. The van der Waals surface area contributed by atoms with Crippen molar-refractivity contribution in [1.82, 2.24) is 10.6 Å². The van der Waals surface area contributed by atoms with Gasteiger partial charge in [-0.3, -0.25) is 4.99 Å². The third kappa shape index (κ3) is 4.59. The van der Waals surface area contributed by atoms with Crippen LogP contribution in [-0.2, 0) is 6.54 Å². The first-order chi connectivity index (χ1) is 10.0. The molecule has 2 N–H and O–H groups in total. The first kappa shape index (κ1) is 18.7. The normalized spacial score (nSPS) is 11.6. The number of aliphatic imine (C=N–C) groups is 1. The monoisotopic (exact) mass is 419 g/mol. The van der Waals surface area contributed by atoms with Crippen molar-refractivity contribution < 1.29 is 8.81 Å². The third-order valence-corrected chi connectivity index (χ3v) is 3.31. The van der Waals surface area contributed by atoms with Gasteiger partial charge in [0.05, 0.1) is 6.54 Å². The molecule has 0 aliphatic rings. The zero-order chi connectivity index (χ0) is 15.4. The van der Waals surface area contributed by atoms with Gasteiger partial charge < -0.3 is 15.1 Å². The Hall–Kier alpha value is -1.31. The number of guanidine groups is 1. The SMILES string of the molecule is CN=C(NCc1oc2ccc(F)cc2c1C)NCC(C)C.I. The van der Waals surface area contributed by atoms with Crippen molar-refractivity contribution in [2.24, 2.45) is 10.9 Å². The number of hydrogen-bond donors (Lipinski definition) is 2. The van der Waals surface area contributed by atoms with Crippen LogP contribution >= 0.6 is 24.0 Å². The van der Waals surface area contributed by atoms with Crippen LogP contribution in [0.15, 0.2) is 27.6 Å². The first-order valence-corrected chi connectivity index (χ1v) is 7.13. The van der Waals surface area contributed by atoms with Crippen LogP contribution in [0.1, 0.15) is 25.2 Å². The van der Waals surface area contributed by atoms with Gasteiger partial charge in [-0.15, -0.1) is 24.0 Å². The maximum Gasteiger partial charge on any atom is 0.191 e. The highest BCUT2D eigenvalue weighted by atomic mass is 127. The van der Waals surface area contributed by atoms with Gasteiger partial charge in [0.15, 0.2) is 5.96 Å². The Bertz CT molecular complexity index is 652. The second kappa shape index (κ2) is 8.36. The average Bonchev–Trinajstić information content (AvgIpc) is 2.75. The molecule has 0 saturated carbocycles. The summed E-state index contributed by atoms with van der Waals surface area (Å²) in [5, 5.41) is 7.26. The van der Waals surface area contributed by atoms with E-state index in [1.807, 2.05) is 6.92 Å². The molecule has 0 unspecified atom stereocenters. The van der Waals surface area contributed by atoms with Crippen LogP contribution in [0.3, 0.4) is 0 Å². The van der Waals surface area contributed by atoms with Gasteiger partial charge in [-0.2, -0.15) is 0 Å². The second-order valence-electron chi connectivity index (χ2n) is 5.49. The molecule has 1 aromatic heterocycles. The summed E-state index contributed by atoms with van der Waals surface area (Å²) in [5.41, 5.74) is 1.66. The molecule has 0 bridgehead atoms. The van der Waals surface area contributed by atoms with Crippen LogP contribution in [0, 0.1) is 18.7 Å². The van der Waals surface area contributed by atoms with Crippen molar-refractivity contribution in [3.8, 4) is 0 Å². The Balaban J connectivity index is 0.00000242. The highest BCUT2D eigenvalue weighted by molar-refractivity contribution is 14.0. The molecule has 0 radical (unpaired) electrons. The fourth-order valence-electron chi connectivity index (χ4n) is 2.10. The summed E-state index contributed by atoms with van der Waals surface area (Å²) in [6, 6.07) is 4.57. The van der Waals surface area contributed by atoms with E-state index in [1.54, 1.807) is 13.1 Å². The van der Waals surface area contributed by atoms with Gasteiger partial charge in [-0.1, -0.05) is 13.8 Å². The molecule has 0 atom stereocenters. The van der Waals surface area contributed by atoms with Crippen molar-refractivity contribution in [2.45, 2.75) is 27.3 Å². The summed E-state index contributed by atoms with van der Waals surface area (Å²) in [5.74, 6) is 1.82. The molecule has 0 fully saturated rings. The van der Waals surface area contributed by atoms with E-state index >= 15 is 0 Å². The topological polar surface area (TPSA) is 49.6 Å². The number of halogens is 2. The lowest BCUT2D eigenvalue weighted by Crippen LogP contribution is -2.38. The van der Waals surface area contributed by atoms with Gasteiger partial charge >= 0.3 is 0 Å². The number of aryl methyl sites for hydroxylation is 1. The molecule has 1 heterocycles. The Kier molecular flexibility index (Phi) is 7.12. The largest absolute Gasteiger partial charge is 0.459 e. The third-order valence-electron chi connectivity index (χ3n) is 3.31. The minimum absolute atomic E-state index is 0. The maximum atomic E-state index is 13.3. The van der Waals surface area contributed by atoms with E-state index < -0.39 is 0 Å². The highest BCUT2D eigenvalue weighted by Crippen LogP contribution is 2.25. The fourth-order valence-corrected chi connectivity index (χ4v) is 2.10. The Labute approximate surface area is 147 Å². The highest BCUT2D eigenvalue weighted by Gasteiger charge is 2.11. The number of nitrogens with one attached hydrogen (secondary N) is 2. The molecular weight excluding hydrogens is 396 g/mol. The molecule has 22 heavy (non-hydrogen) atoms. The lowest BCUT2D eigenvalue weighted by Gasteiger charge is -2.12. The predicted octanol–water partition coefficient (Wildman–Crippen LogP) is 3.82. The molecule has 0 saturated heterocycles. The van der Waals surface area contributed by atoms with Crippen LogP contribution in [0.25, 0.3) is 11.0 Å². The molecule has 2 rings (SSSR count). The van der Waals surface area contributed by atoms with Crippen LogP contribution < -0.4 is 10.6 Å². The van der Waals surface area contributed by atoms with Crippen molar-refractivity contribution in [3.63, 3.8) is 0 Å². The molecular formula is C16H23FIN3O. The zero-order valence-electron chi connectivity index (χ0n) is 13.4. The molecule has 2 aromatic rings. The van der Waals surface area contributed by atoms with Crippen LogP contribution in [0.2, 0.25) is 0 Å². The van der Waals surface area contributed by atoms with Crippen molar-refractivity contribution in [3.05, 3.63) is 35.3 Å². The molecule has 0 amide bonds. The number of nitrogens with zero attached hydrogens (tertiary/aromatic N) is 1. The number of hydrogen-bond acceptors (Lipinski definition) is 2. The van der Waals surface area contributed by atoms with Crippen molar-refractivity contribution in [2.75, 3.05) is 13.6 Å². The van der Waals surface area contributed by atoms with Crippen molar-refractivity contribution >= 4 is 40.9 Å². The molecule has 0 spiro atoms. The standard InChI is InChI=1S/C16H22FN3O.HI/c1-10(2)8-19-16(18-4)20-9-15-11(3)13-7-12(17)5-6-14(13)21-15;/h5-7,10H,8-9H2,1-4H3,(H2,18,19,20);1H. The lowest BCUT2D eigenvalue weighted by atomic mass is 10.1. The summed E-state index contributed by atoms with van der Waals surface area (Å²) in [4.78, 5) is 4.17. The van der Waals surface area contributed by atoms with Gasteiger partial charge in [-0.05, 0) is 31.0 Å². The first-order valence-electron chi connectivity index (χ1n) is 7.13. The Morgan fingerprint density at radius 2 is 2.05 bits per heavy atom. The molecule has 122 valence electrons. The minimum Gasteiger partial charge on any atom is -0.459 e. The minimum atomic E-state index is -0.250. The fraction of sp³-hybridized carbons (Fsp3) is 0.438. The van der Waals surface area contributed by atoms with E-state index in [-0.39, 0.29) is 29.8 Å². The predicted molar refractivity (Wildman–Crippen MR) is 99.4 cm³/mol. The van der Waals surface area contributed by atoms with E-state index in [0.717, 1.165) is 29.2 Å². The number of furan rings is 1. The van der Waals surface area contributed by atoms with Gasteiger partial charge in [-0.25, -0.2) is 4.39 Å². The van der Waals surface area contributed by atoms with Crippen LogP contribution in [0.4, 0.5) is 4.39 Å². The van der Waals surface area contributed by atoms with E-state index in [2.05, 4.69) is 29.5 Å². The summed E-state index contributed by atoms with van der Waals surface area (Å²) < 4.78 is 19.0. The zero-order valence-corrected chi connectivity index (χ0v) is 15.7. The Morgan fingerprint density at radius 3 is 2.68 bits per heavy atom. The number of fused-ring (bicyclic) bond motifs is 1. The summed E-state index contributed by atoms with van der Waals surface area (Å²) >= 11 is 0. The molecule has 4 nitrogen and oxygen atoms in total. The van der Waals surface area contributed by atoms with Gasteiger partial charge in [0, 0.05) is 24.5 Å². The van der Waals surface area contributed by atoms with E-state index in [4.69, 9.17) is 4.42 Å². The summed E-state index contributed by atoms with van der Waals surface area (Å²) in [6.07, 6.45) is 0. The van der Waals surface area contributed by atoms with Crippen molar-refractivity contribution in [1.29, 1.82) is 0 Å². The second-order valence-corrected chi connectivity index (χ2v) is 5.49. The van der Waals surface area contributed by atoms with Gasteiger partial charge in [0.1, 0.15) is 17.2 Å². The number of rotatable bonds is 4. The molecule has 6 heteroatoms. The van der Waals surface area contributed by atoms with Gasteiger partial charge in [0.25, 0.3) is 0 Å². The van der Waals surface area contributed by atoms with E-state index in [9.17, 15) is 4.39 Å². The summed E-state index contributed by atoms with van der Waals surface area (Å²) in [6.45, 7) is 7.58. The summed E-state index contributed by atoms with van der Waals surface area (Å²) in [7, 11) is 1.73.